The fourth-order valence-corrected chi connectivity index (χ4v) is 3.14. The minimum atomic E-state index is -0.468. The van der Waals surface area contributed by atoms with Crippen molar-refractivity contribution in [1.29, 1.82) is 0 Å². The Hall–Kier alpha value is -4.20. The molecule has 0 aliphatic heterocycles. The molecule has 2 aromatic carbocycles. The van der Waals surface area contributed by atoms with Crippen molar-refractivity contribution < 1.29 is 9.59 Å². The summed E-state index contributed by atoms with van der Waals surface area (Å²) in [5, 5.41) is 7.85. The Morgan fingerprint density at radius 1 is 1.07 bits per heavy atom. The zero-order valence-electron chi connectivity index (χ0n) is 16.1. The van der Waals surface area contributed by atoms with E-state index in [9.17, 15) is 9.59 Å². The molecule has 0 saturated carbocycles. The summed E-state index contributed by atoms with van der Waals surface area (Å²) in [5.74, 6) is 0.193. The van der Waals surface area contributed by atoms with Crippen LogP contribution in [-0.4, -0.2) is 40.0 Å². The fourth-order valence-electron chi connectivity index (χ4n) is 3.14. The first-order chi connectivity index (χ1) is 14.7. The second kappa shape index (κ2) is 8.44. The van der Waals surface area contributed by atoms with Gasteiger partial charge in [0.1, 0.15) is 5.82 Å². The highest BCUT2D eigenvalue weighted by molar-refractivity contribution is 5.93. The number of nitrogens with two attached hydrogens (primary N) is 1. The highest BCUT2D eigenvalue weighted by atomic mass is 16.1. The number of benzene rings is 2. The maximum absolute atomic E-state index is 11.4. The molecular formula is C22H20N6O2. The van der Waals surface area contributed by atoms with Gasteiger partial charge in [0.2, 0.25) is 12.3 Å². The van der Waals surface area contributed by atoms with Crippen molar-refractivity contribution in [2.75, 3.05) is 23.3 Å². The Balaban J connectivity index is 1.50. The summed E-state index contributed by atoms with van der Waals surface area (Å²) in [7, 11) is 0. The zero-order valence-corrected chi connectivity index (χ0v) is 16.1. The van der Waals surface area contributed by atoms with E-state index in [0.29, 0.717) is 30.1 Å². The van der Waals surface area contributed by atoms with Crippen molar-refractivity contribution in [3.05, 3.63) is 78.5 Å². The molecule has 4 aromatic rings. The minimum Gasteiger partial charge on any atom is -0.367 e. The Bertz CT molecular complexity index is 1170. The van der Waals surface area contributed by atoms with Gasteiger partial charge >= 0.3 is 0 Å². The van der Waals surface area contributed by atoms with Crippen molar-refractivity contribution in [2.24, 2.45) is 5.73 Å². The molecule has 3 N–H and O–H groups in total. The lowest BCUT2D eigenvalue weighted by Gasteiger charge is -2.17. The van der Waals surface area contributed by atoms with Gasteiger partial charge in [-0.3, -0.25) is 9.59 Å². The van der Waals surface area contributed by atoms with Crippen molar-refractivity contribution in [2.45, 2.75) is 0 Å². The average molecular weight is 400 g/mol. The summed E-state index contributed by atoms with van der Waals surface area (Å²) in [5.41, 5.74) is 8.96. The maximum Gasteiger partial charge on any atom is 0.248 e. The monoisotopic (exact) mass is 400 g/mol. The second-order valence-corrected chi connectivity index (χ2v) is 6.63. The number of primary amides is 1. The second-order valence-electron chi connectivity index (χ2n) is 6.63. The smallest absolute Gasteiger partial charge is 0.248 e. The van der Waals surface area contributed by atoms with Crippen LogP contribution < -0.4 is 16.0 Å². The van der Waals surface area contributed by atoms with Crippen LogP contribution in [0.15, 0.2) is 72.9 Å². The molecule has 0 atom stereocenters. The van der Waals surface area contributed by atoms with E-state index in [4.69, 9.17) is 5.73 Å². The molecule has 8 nitrogen and oxygen atoms in total. The third-order valence-corrected chi connectivity index (χ3v) is 4.70. The number of carbonyl (C=O) groups excluding carboxylic acids is 2. The molecule has 30 heavy (non-hydrogen) atoms. The van der Waals surface area contributed by atoms with E-state index in [0.717, 1.165) is 23.4 Å². The van der Waals surface area contributed by atoms with Gasteiger partial charge in [0.25, 0.3) is 0 Å². The van der Waals surface area contributed by atoms with Gasteiger partial charge in [0, 0.05) is 29.9 Å². The molecule has 0 aliphatic rings. The lowest BCUT2D eigenvalue weighted by molar-refractivity contribution is -0.107. The highest BCUT2D eigenvalue weighted by Crippen LogP contribution is 2.21. The normalized spacial score (nSPS) is 10.7. The number of carbonyl (C=O) groups is 2. The summed E-state index contributed by atoms with van der Waals surface area (Å²) in [6.07, 6.45) is 2.55. The molecule has 4 rings (SSSR count). The van der Waals surface area contributed by atoms with Crippen LogP contribution in [0.1, 0.15) is 10.4 Å². The summed E-state index contributed by atoms with van der Waals surface area (Å²) in [6, 6.07) is 20.2. The molecule has 0 fully saturated rings. The molecule has 2 amide bonds. The van der Waals surface area contributed by atoms with Crippen LogP contribution in [-0.2, 0) is 4.79 Å². The van der Waals surface area contributed by atoms with Gasteiger partial charge in [-0.05, 0) is 36.4 Å². The van der Waals surface area contributed by atoms with E-state index in [2.05, 4.69) is 15.4 Å². The predicted octanol–water partition coefficient (Wildman–Crippen LogP) is 2.57. The van der Waals surface area contributed by atoms with Crippen molar-refractivity contribution in [3.63, 3.8) is 0 Å². The van der Waals surface area contributed by atoms with Crippen LogP contribution in [0, 0.1) is 0 Å². The van der Waals surface area contributed by atoms with E-state index in [1.54, 1.807) is 27.7 Å². The Morgan fingerprint density at radius 2 is 1.83 bits per heavy atom. The fraction of sp³-hybridized carbons (Fsp3) is 0.0909. The molecular weight excluding hydrogens is 380 g/mol. The number of fused-ring (bicyclic) bond motifs is 1. The van der Waals surface area contributed by atoms with Gasteiger partial charge in [-0.1, -0.05) is 30.3 Å². The largest absolute Gasteiger partial charge is 0.367 e. The Morgan fingerprint density at radius 3 is 2.53 bits per heavy atom. The van der Waals surface area contributed by atoms with Gasteiger partial charge in [0.05, 0.1) is 11.9 Å². The molecule has 0 saturated heterocycles. The number of hydrogen-bond donors (Lipinski definition) is 2. The lowest BCUT2D eigenvalue weighted by atomic mass is 10.1. The minimum absolute atomic E-state index is 0.445. The number of nitrogens with zero attached hydrogens (tertiary/aromatic N) is 4. The van der Waals surface area contributed by atoms with E-state index in [-0.39, 0.29) is 0 Å². The van der Waals surface area contributed by atoms with Crippen molar-refractivity contribution in [3.8, 4) is 11.3 Å². The molecule has 0 aliphatic carbocycles. The first-order valence-corrected chi connectivity index (χ1v) is 9.41. The van der Waals surface area contributed by atoms with Crippen LogP contribution in [0.4, 0.5) is 11.5 Å². The molecule has 0 spiro atoms. The zero-order chi connectivity index (χ0) is 20.9. The predicted molar refractivity (Wildman–Crippen MR) is 115 cm³/mol. The molecule has 2 heterocycles. The van der Waals surface area contributed by atoms with Gasteiger partial charge in [0.15, 0.2) is 5.65 Å². The Kier molecular flexibility index (Phi) is 5.38. The maximum atomic E-state index is 11.4. The first kappa shape index (κ1) is 19.1. The van der Waals surface area contributed by atoms with Crippen LogP contribution in [0.25, 0.3) is 16.9 Å². The third kappa shape index (κ3) is 3.97. The standard InChI is InChI=1S/C22H20N6O2/c23-22(30)17-8-6-16(7-9-17)19-14-25-21-11-10-20(26-28(19)21)24-12-13-27(15-29)18-4-2-1-3-5-18/h1-11,14-15H,12-13H2,(H2,23,30)(H,24,26). The molecule has 8 heteroatoms. The summed E-state index contributed by atoms with van der Waals surface area (Å²) >= 11 is 0. The SMILES string of the molecule is NC(=O)c1ccc(-c2cnc3ccc(NCCN(C=O)c4ccccc4)nn23)cc1. The van der Waals surface area contributed by atoms with E-state index < -0.39 is 5.91 Å². The molecule has 0 bridgehead atoms. The van der Waals surface area contributed by atoms with E-state index in [1.165, 1.54) is 0 Å². The van der Waals surface area contributed by atoms with Crippen molar-refractivity contribution >= 4 is 29.5 Å². The van der Waals surface area contributed by atoms with Crippen molar-refractivity contribution in [1.82, 2.24) is 14.6 Å². The lowest BCUT2D eigenvalue weighted by Crippen LogP contribution is -2.27. The number of amides is 2. The summed E-state index contributed by atoms with van der Waals surface area (Å²) in [6.45, 7) is 1.03. The van der Waals surface area contributed by atoms with Crippen LogP contribution in [0.3, 0.4) is 0 Å². The number of nitrogens with one attached hydrogen (secondary N) is 1. The number of hydrogen-bond acceptors (Lipinski definition) is 5. The van der Waals surface area contributed by atoms with Gasteiger partial charge < -0.3 is 16.0 Å². The third-order valence-electron chi connectivity index (χ3n) is 4.70. The quantitative estimate of drug-likeness (QED) is 0.442. The molecule has 150 valence electrons. The number of rotatable bonds is 8. The van der Waals surface area contributed by atoms with Gasteiger partial charge in [-0.15, -0.1) is 5.10 Å². The average Bonchev–Trinajstić information content (AvgIpc) is 3.20. The highest BCUT2D eigenvalue weighted by Gasteiger charge is 2.10. The van der Waals surface area contributed by atoms with E-state index >= 15 is 0 Å². The summed E-state index contributed by atoms with van der Waals surface area (Å²) in [4.78, 5) is 28.7. The molecule has 2 aromatic heterocycles. The van der Waals surface area contributed by atoms with Gasteiger partial charge in [-0.25, -0.2) is 9.50 Å². The van der Waals surface area contributed by atoms with Gasteiger partial charge in [-0.2, -0.15) is 0 Å². The Labute approximate surface area is 173 Å². The first-order valence-electron chi connectivity index (χ1n) is 9.41. The number of aromatic nitrogens is 3. The molecule has 0 radical (unpaired) electrons. The topological polar surface area (TPSA) is 106 Å². The van der Waals surface area contributed by atoms with Crippen LogP contribution >= 0.6 is 0 Å². The van der Waals surface area contributed by atoms with Crippen LogP contribution in [0.2, 0.25) is 0 Å². The number of anilines is 2. The molecule has 0 unspecified atom stereocenters. The van der Waals surface area contributed by atoms with Crippen LogP contribution in [0.5, 0.6) is 0 Å². The number of para-hydroxylation sites is 1. The summed E-state index contributed by atoms with van der Waals surface area (Å²) < 4.78 is 1.73. The van der Waals surface area contributed by atoms with E-state index in [1.807, 2.05) is 54.6 Å². The number of imidazole rings is 1.